The SMILES string of the molecule is Nc1ccc(-c2ccc3c(c2)c2c(n3-c3ccccc3)=CCCC=2)cc1. The van der Waals surface area contributed by atoms with Gasteiger partial charge in [0.15, 0.2) is 0 Å². The second-order valence-electron chi connectivity index (χ2n) is 6.81. The van der Waals surface area contributed by atoms with E-state index in [1.165, 1.54) is 38.3 Å². The van der Waals surface area contributed by atoms with Crippen LogP contribution in [0.15, 0.2) is 72.8 Å². The lowest BCUT2D eigenvalue weighted by Gasteiger charge is -2.08. The molecule has 26 heavy (non-hydrogen) atoms. The van der Waals surface area contributed by atoms with Crippen molar-refractivity contribution in [2.45, 2.75) is 12.8 Å². The molecule has 0 spiro atoms. The molecule has 2 N–H and O–H groups in total. The van der Waals surface area contributed by atoms with Gasteiger partial charge in [-0.3, -0.25) is 0 Å². The molecule has 5 rings (SSSR count). The van der Waals surface area contributed by atoms with Crippen molar-refractivity contribution in [3.05, 3.63) is 83.4 Å². The van der Waals surface area contributed by atoms with E-state index < -0.39 is 0 Å². The molecule has 0 bridgehead atoms. The number of nitrogen functional groups attached to an aromatic ring is 1. The van der Waals surface area contributed by atoms with Crippen molar-refractivity contribution in [2.24, 2.45) is 0 Å². The van der Waals surface area contributed by atoms with E-state index in [-0.39, 0.29) is 0 Å². The van der Waals surface area contributed by atoms with Gasteiger partial charge in [0.25, 0.3) is 0 Å². The van der Waals surface area contributed by atoms with Crippen LogP contribution in [0.4, 0.5) is 5.69 Å². The molecule has 0 saturated carbocycles. The quantitative estimate of drug-likeness (QED) is 0.546. The first kappa shape index (κ1) is 15.0. The molecule has 126 valence electrons. The zero-order valence-corrected chi connectivity index (χ0v) is 14.5. The van der Waals surface area contributed by atoms with Crippen molar-refractivity contribution in [1.82, 2.24) is 4.57 Å². The Morgan fingerprint density at radius 1 is 0.731 bits per heavy atom. The highest BCUT2D eigenvalue weighted by molar-refractivity contribution is 5.88. The van der Waals surface area contributed by atoms with E-state index in [9.17, 15) is 0 Å². The monoisotopic (exact) mass is 336 g/mol. The van der Waals surface area contributed by atoms with Crippen molar-refractivity contribution in [1.29, 1.82) is 0 Å². The molecule has 4 aromatic rings. The third kappa shape index (κ3) is 2.34. The van der Waals surface area contributed by atoms with Gasteiger partial charge in [0.1, 0.15) is 0 Å². The van der Waals surface area contributed by atoms with Crippen molar-refractivity contribution in [2.75, 3.05) is 5.73 Å². The standard InChI is InChI=1S/C24H20N2/c25-19-13-10-17(11-14-19)18-12-15-24-22(16-18)21-8-4-5-9-23(21)26(24)20-6-2-1-3-7-20/h1-3,6-16H,4-5,25H2. The normalized spacial score (nSPS) is 13.1. The van der Waals surface area contributed by atoms with Gasteiger partial charge >= 0.3 is 0 Å². The second kappa shape index (κ2) is 5.92. The highest BCUT2D eigenvalue weighted by Crippen LogP contribution is 2.25. The molecule has 1 aromatic heterocycles. The van der Waals surface area contributed by atoms with Gasteiger partial charge in [0.2, 0.25) is 0 Å². The van der Waals surface area contributed by atoms with Crippen LogP contribution in [0, 0.1) is 0 Å². The maximum absolute atomic E-state index is 5.84. The van der Waals surface area contributed by atoms with Gasteiger partial charge in [-0.1, -0.05) is 48.6 Å². The first-order chi connectivity index (χ1) is 12.8. The van der Waals surface area contributed by atoms with Gasteiger partial charge in [-0.05, 0) is 60.4 Å². The first-order valence-electron chi connectivity index (χ1n) is 9.07. The van der Waals surface area contributed by atoms with Crippen LogP contribution in [0.2, 0.25) is 0 Å². The summed E-state index contributed by atoms with van der Waals surface area (Å²) < 4.78 is 2.38. The van der Waals surface area contributed by atoms with Gasteiger partial charge in [-0.15, -0.1) is 0 Å². The summed E-state index contributed by atoms with van der Waals surface area (Å²) in [6, 6.07) is 25.5. The van der Waals surface area contributed by atoms with E-state index in [2.05, 4.69) is 77.4 Å². The Morgan fingerprint density at radius 3 is 2.27 bits per heavy atom. The first-order valence-corrected chi connectivity index (χ1v) is 9.07. The molecule has 1 aliphatic rings. The van der Waals surface area contributed by atoms with E-state index in [1.54, 1.807) is 0 Å². The number of fused-ring (bicyclic) bond motifs is 3. The van der Waals surface area contributed by atoms with E-state index in [0.717, 1.165) is 18.5 Å². The van der Waals surface area contributed by atoms with Crippen LogP contribution in [0.25, 0.3) is 39.9 Å². The minimum absolute atomic E-state index is 0.797. The van der Waals surface area contributed by atoms with Gasteiger partial charge < -0.3 is 10.3 Å². The highest BCUT2D eigenvalue weighted by atomic mass is 15.0. The maximum atomic E-state index is 5.84. The fraction of sp³-hybridized carbons (Fsp3) is 0.0833. The predicted octanol–water partition coefficient (Wildman–Crippen LogP) is 4.23. The van der Waals surface area contributed by atoms with Crippen molar-refractivity contribution in [3.8, 4) is 16.8 Å². The van der Waals surface area contributed by atoms with Crippen LogP contribution in [0.1, 0.15) is 12.8 Å². The van der Waals surface area contributed by atoms with Crippen LogP contribution in [-0.2, 0) is 0 Å². The molecule has 3 aromatic carbocycles. The molecule has 0 amide bonds. The number of para-hydroxylation sites is 1. The fourth-order valence-corrected chi connectivity index (χ4v) is 3.91. The number of nitrogens with two attached hydrogens (primary N) is 1. The molecule has 0 fully saturated rings. The molecular formula is C24H20N2. The minimum Gasteiger partial charge on any atom is -0.399 e. The molecule has 1 heterocycles. The third-order valence-corrected chi connectivity index (χ3v) is 5.16. The Labute approximate surface area is 152 Å². The van der Waals surface area contributed by atoms with Crippen molar-refractivity contribution < 1.29 is 0 Å². The summed E-state index contributed by atoms with van der Waals surface area (Å²) >= 11 is 0. The number of hydrogen-bond acceptors (Lipinski definition) is 1. The van der Waals surface area contributed by atoms with Crippen LogP contribution >= 0.6 is 0 Å². The molecule has 0 atom stereocenters. The van der Waals surface area contributed by atoms with Gasteiger partial charge in [0, 0.05) is 27.3 Å². The lowest BCUT2D eigenvalue weighted by molar-refractivity contribution is 1.02. The Morgan fingerprint density at radius 2 is 1.46 bits per heavy atom. The number of aromatic nitrogens is 1. The van der Waals surface area contributed by atoms with E-state index in [0.29, 0.717) is 0 Å². The van der Waals surface area contributed by atoms with Gasteiger partial charge in [0.05, 0.1) is 5.52 Å². The predicted molar refractivity (Wildman–Crippen MR) is 111 cm³/mol. The van der Waals surface area contributed by atoms with E-state index in [4.69, 9.17) is 5.73 Å². The molecule has 0 unspecified atom stereocenters. The zero-order valence-electron chi connectivity index (χ0n) is 14.5. The molecule has 2 nitrogen and oxygen atoms in total. The summed E-state index contributed by atoms with van der Waals surface area (Å²) in [5.74, 6) is 0. The maximum Gasteiger partial charge on any atom is 0.0541 e. The topological polar surface area (TPSA) is 30.9 Å². The molecule has 0 saturated heterocycles. The number of nitrogens with zero attached hydrogens (tertiary/aromatic N) is 1. The largest absolute Gasteiger partial charge is 0.399 e. The lowest BCUT2D eigenvalue weighted by atomic mass is 10.0. The Hall–Kier alpha value is -3.26. The van der Waals surface area contributed by atoms with Crippen molar-refractivity contribution >= 4 is 28.7 Å². The number of anilines is 1. The number of hydrogen-bond donors (Lipinski definition) is 1. The third-order valence-electron chi connectivity index (χ3n) is 5.16. The zero-order chi connectivity index (χ0) is 17.5. The minimum atomic E-state index is 0.797. The second-order valence-corrected chi connectivity index (χ2v) is 6.81. The fourth-order valence-electron chi connectivity index (χ4n) is 3.91. The van der Waals surface area contributed by atoms with E-state index in [1.807, 2.05) is 12.1 Å². The molecule has 0 aliphatic heterocycles. The molecule has 0 radical (unpaired) electrons. The van der Waals surface area contributed by atoms with Gasteiger partial charge in [-0.2, -0.15) is 0 Å². The number of rotatable bonds is 2. The molecule has 1 aliphatic carbocycles. The Kier molecular flexibility index (Phi) is 3.42. The highest BCUT2D eigenvalue weighted by Gasteiger charge is 2.12. The van der Waals surface area contributed by atoms with E-state index >= 15 is 0 Å². The number of benzene rings is 3. The summed E-state index contributed by atoms with van der Waals surface area (Å²) in [7, 11) is 0. The summed E-state index contributed by atoms with van der Waals surface area (Å²) in [4.78, 5) is 0. The van der Waals surface area contributed by atoms with Crippen LogP contribution in [-0.4, -0.2) is 4.57 Å². The Bertz CT molecular complexity index is 1210. The Balaban J connectivity index is 1.82. The molecular weight excluding hydrogens is 316 g/mol. The summed E-state index contributed by atoms with van der Waals surface area (Å²) in [6.07, 6.45) is 6.95. The van der Waals surface area contributed by atoms with Crippen LogP contribution in [0.5, 0.6) is 0 Å². The lowest BCUT2D eigenvalue weighted by Crippen LogP contribution is -2.30. The van der Waals surface area contributed by atoms with Gasteiger partial charge in [-0.25, -0.2) is 0 Å². The summed E-state index contributed by atoms with van der Waals surface area (Å²) in [5.41, 5.74) is 11.5. The average molecular weight is 336 g/mol. The summed E-state index contributed by atoms with van der Waals surface area (Å²) in [6.45, 7) is 0. The molecule has 2 heteroatoms. The van der Waals surface area contributed by atoms with Crippen LogP contribution < -0.4 is 16.3 Å². The summed E-state index contributed by atoms with van der Waals surface area (Å²) in [5, 5.41) is 3.98. The smallest absolute Gasteiger partial charge is 0.0541 e. The van der Waals surface area contributed by atoms with Crippen LogP contribution in [0.3, 0.4) is 0 Å². The van der Waals surface area contributed by atoms with Crippen molar-refractivity contribution in [3.63, 3.8) is 0 Å². The average Bonchev–Trinajstić information content (AvgIpc) is 3.03.